The predicted octanol–water partition coefficient (Wildman–Crippen LogP) is 1.95. The van der Waals surface area contributed by atoms with E-state index >= 15 is 0 Å². The lowest BCUT2D eigenvalue weighted by molar-refractivity contribution is -0.132. The van der Waals surface area contributed by atoms with Gasteiger partial charge in [-0.3, -0.25) is 10.1 Å². The molecule has 5 nitrogen and oxygen atoms in total. The summed E-state index contributed by atoms with van der Waals surface area (Å²) in [6, 6.07) is 0.183. The number of amides is 2. The van der Waals surface area contributed by atoms with E-state index in [9.17, 15) is 9.59 Å². The minimum Gasteiger partial charge on any atom is -0.443 e. The van der Waals surface area contributed by atoms with Crippen molar-refractivity contribution in [1.82, 2.24) is 10.2 Å². The molecule has 2 aliphatic rings. The van der Waals surface area contributed by atoms with Crippen LogP contribution in [0.4, 0.5) is 4.79 Å². The molecule has 1 N–H and O–H groups in total. The van der Waals surface area contributed by atoms with E-state index in [4.69, 9.17) is 4.74 Å². The Morgan fingerprint density at radius 3 is 2.83 bits per heavy atom. The van der Waals surface area contributed by atoms with Crippen LogP contribution < -0.4 is 5.32 Å². The number of fused-ring (bicyclic) bond motifs is 1. The van der Waals surface area contributed by atoms with Gasteiger partial charge in [0.25, 0.3) is 0 Å². The van der Waals surface area contributed by atoms with E-state index in [2.05, 4.69) is 27.9 Å². The molecule has 0 saturated carbocycles. The minimum atomic E-state index is -0.568. The highest BCUT2D eigenvalue weighted by molar-refractivity contribution is 14.1. The fraction of sp³-hybridized carbons (Fsp3) is 0.818. The van der Waals surface area contributed by atoms with Crippen molar-refractivity contribution >= 4 is 46.4 Å². The minimum absolute atomic E-state index is 0.128. The highest BCUT2D eigenvalue weighted by atomic mass is 127. The number of hydrogen-bond donors (Lipinski definition) is 1. The number of carbonyl (C=O) groups excluding carboxylic acids is 2. The molecule has 0 aliphatic carbocycles. The standard InChI is InChI=1S/C11H17IN2O3S/c1-11(2,3)17-10(16)14-5-4-6-7(8(14)15)18-9(12)13-6/h6-7,9,13H,4-5H2,1-3H3. The van der Waals surface area contributed by atoms with Crippen LogP contribution in [-0.2, 0) is 9.53 Å². The molecular formula is C11H17IN2O3S. The summed E-state index contributed by atoms with van der Waals surface area (Å²) in [6.45, 7) is 5.84. The van der Waals surface area contributed by atoms with Crippen molar-refractivity contribution in [2.24, 2.45) is 0 Å². The van der Waals surface area contributed by atoms with Crippen molar-refractivity contribution < 1.29 is 14.3 Å². The van der Waals surface area contributed by atoms with Gasteiger partial charge in [0.1, 0.15) is 14.2 Å². The number of nitrogens with one attached hydrogen (secondary N) is 1. The number of thioether (sulfide) groups is 1. The fourth-order valence-electron chi connectivity index (χ4n) is 2.01. The Hall–Kier alpha value is -0.0200. The van der Waals surface area contributed by atoms with E-state index < -0.39 is 11.7 Å². The second-order valence-electron chi connectivity index (χ2n) is 5.40. The number of ether oxygens (including phenoxy) is 1. The van der Waals surface area contributed by atoms with Crippen LogP contribution in [0.25, 0.3) is 0 Å². The van der Waals surface area contributed by atoms with E-state index in [1.165, 1.54) is 4.90 Å². The zero-order valence-corrected chi connectivity index (χ0v) is 13.6. The van der Waals surface area contributed by atoms with Crippen molar-refractivity contribution in [3.05, 3.63) is 0 Å². The molecule has 0 aromatic rings. The summed E-state index contributed by atoms with van der Waals surface area (Å²) in [5, 5.41) is 3.18. The van der Waals surface area contributed by atoms with Crippen molar-refractivity contribution in [1.29, 1.82) is 0 Å². The number of alkyl halides is 1. The van der Waals surface area contributed by atoms with Crippen molar-refractivity contribution in [2.45, 2.75) is 47.5 Å². The first kappa shape index (κ1) is 14.4. The van der Waals surface area contributed by atoms with Gasteiger partial charge < -0.3 is 4.74 Å². The molecule has 102 valence electrons. The number of nitrogens with zero attached hydrogens (tertiary/aromatic N) is 1. The van der Waals surface area contributed by atoms with Gasteiger partial charge in [-0.15, -0.1) is 11.8 Å². The Balaban J connectivity index is 2.03. The SMILES string of the molecule is CC(C)(C)OC(=O)N1CCC2NC(I)SC2C1=O. The molecule has 2 aliphatic heterocycles. The Kier molecular flexibility index (Phi) is 4.13. The molecule has 0 aromatic heterocycles. The molecule has 3 unspecified atom stereocenters. The first-order chi connectivity index (χ1) is 8.28. The summed E-state index contributed by atoms with van der Waals surface area (Å²) >= 11 is 3.83. The smallest absolute Gasteiger partial charge is 0.417 e. The largest absolute Gasteiger partial charge is 0.443 e. The predicted molar refractivity (Wildman–Crippen MR) is 78.7 cm³/mol. The number of rotatable bonds is 0. The number of carbonyl (C=O) groups is 2. The van der Waals surface area contributed by atoms with Crippen LogP contribution in [0, 0.1) is 0 Å². The molecule has 2 rings (SSSR count). The molecule has 0 aromatic carbocycles. The third-order valence-electron chi connectivity index (χ3n) is 2.76. The van der Waals surface area contributed by atoms with Gasteiger partial charge >= 0.3 is 6.09 Å². The molecule has 2 saturated heterocycles. The number of hydrogen-bond acceptors (Lipinski definition) is 5. The maximum atomic E-state index is 12.2. The van der Waals surface area contributed by atoms with Gasteiger partial charge in [-0.1, -0.05) is 22.6 Å². The number of halogens is 1. The van der Waals surface area contributed by atoms with Gasteiger partial charge in [0.15, 0.2) is 0 Å². The van der Waals surface area contributed by atoms with Crippen LogP contribution in [-0.4, -0.2) is 43.7 Å². The van der Waals surface area contributed by atoms with E-state index in [1.807, 2.05) is 0 Å². The summed E-state index contributed by atoms with van der Waals surface area (Å²) in [7, 11) is 0. The molecule has 2 fully saturated rings. The fourth-order valence-corrected chi connectivity index (χ4v) is 4.58. The maximum Gasteiger partial charge on any atom is 0.417 e. The summed E-state index contributed by atoms with van der Waals surface area (Å²) < 4.78 is 5.49. The molecule has 7 heteroatoms. The van der Waals surface area contributed by atoms with E-state index in [0.29, 0.717) is 6.54 Å². The summed E-state index contributed by atoms with van der Waals surface area (Å²) in [6.07, 6.45) is 0.269. The van der Waals surface area contributed by atoms with Crippen LogP contribution in [0.5, 0.6) is 0 Å². The third-order valence-corrected chi connectivity index (χ3v) is 5.20. The Morgan fingerprint density at radius 1 is 1.56 bits per heavy atom. The monoisotopic (exact) mass is 384 g/mol. The normalized spacial score (nSPS) is 32.3. The molecular weight excluding hydrogens is 367 g/mol. The van der Waals surface area contributed by atoms with Gasteiger partial charge in [-0.2, -0.15) is 0 Å². The molecule has 3 atom stereocenters. The topological polar surface area (TPSA) is 58.6 Å². The van der Waals surface area contributed by atoms with Crippen LogP contribution in [0.2, 0.25) is 0 Å². The first-order valence-corrected chi connectivity index (χ1v) is 8.07. The second kappa shape index (κ2) is 5.16. The lowest BCUT2D eigenvalue weighted by Crippen LogP contribution is -2.54. The zero-order valence-electron chi connectivity index (χ0n) is 10.6. The van der Waals surface area contributed by atoms with Gasteiger partial charge in [-0.05, 0) is 27.2 Å². The summed E-state index contributed by atoms with van der Waals surface area (Å²) in [5.41, 5.74) is -0.568. The lowest BCUT2D eigenvalue weighted by Gasteiger charge is -2.33. The maximum absolute atomic E-state index is 12.2. The van der Waals surface area contributed by atoms with Crippen LogP contribution in [0.3, 0.4) is 0 Å². The van der Waals surface area contributed by atoms with E-state index in [1.54, 1.807) is 32.5 Å². The average molecular weight is 384 g/mol. The second-order valence-corrected chi connectivity index (χ2v) is 8.75. The Morgan fingerprint density at radius 2 is 2.22 bits per heavy atom. The van der Waals surface area contributed by atoms with E-state index in [0.717, 1.165) is 6.42 Å². The molecule has 18 heavy (non-hydrogen) atoms. The van der Waals surface area contributed by atoms with Crippen LogP contribution >= 0.6 is 34.4 Å². The van der Waals surface area contributed by atoms with Gasteiger partial charge in [0, 0.05) is 12.6 Å². The number of piperidine rings is 1. The Bertz CT molecular complexity index is 372. The molecule has 0 bridgehead atoms. The summed E-state index contributed by atoms with van der Waals surface area (Å²) in [4.78, 5) is 25.4. The lowest BCUT2D eigenvalue weighted by atomic mass is 10.0. The Labute approximate surface area is 125 Å². The zero-order chi connectivity index (χ0) is 13.5. The van der Waals surface area contributed by atoms with Crippen molar-refractivity contribution in [3.63, 3.8) is 0 Å². The van der Waals surface area contributed by atoms with E-state index in [-0.39, 0.29) is 20.6 Å². The first-order valence-electron chi connectivity index (χ1n) is 5.88. The number of imide groups is 1. The van der Waals surface area contributed by atoms with Crippen molar-refractivity contribution in [3.8, 4) is 0 Å². The van der Waals surface area contributed by atoms with Gasteiger partial charge in [-0.25, -0.2) is 9.69 Å². The third kappa shape index (κ3) is 3.11. The average Bonchev–Trinajstić information content (AvgIpc) is 2.57. The quantitative estimate of drug-likeness (QED) is 0.393. The van der Waals surface area contributed by atoms with Gasteiger partial charge in [0.05, 0.1) is 0 Å². The molecule has 2 heterocycles. The molecule has 2 amide bonds. The number of likely N-dealkylation sites (tertiary alicyclic amines) is 1. The molecule has 0 radical (unpaired) electrons. The van der Waals surface area contributed by atoms with Crippen LogP contribution in [0.1, 0.15) is 27.2 Å². The highest BCUT2D eigenvalue weighted by Crippen LogP contribution is 2.36. The van der Waals surface area contributed by atoms with Gasteiger partial charge in [0.2, 0.25) is 5.91 Å². The molecule has 0 spiro atoms. The van der Waals surface area contributed by atoms with Crippen molar-refractivity contribution in [2.75, 3.05) is 6.54 Å². The summed E-state index contributed by atoms with van der Waals surface area (Å²) in [5.74, 6) is -0.128. The highest BCUT2D eigenvalue weighted by Gasteiger charge is 2.46. The van der Waals surface area contributed by atoms with Crippen LogP contribution in [0.15, 0.2) is 0 Å².